The molecule has 0 aliphatic carbocycles. The van der Waals surface area contributed by atoms with Gasteiger partial charge < -0.3 is 4.90 Å². The molecular weight excluding hydrogens is 290 g/mol. The second-order valence-electron chi connectivity index (χ2n) is 5.81. The summed E-state index contributed by atoms with van der Waals surface area (Å²) in [6, 6.07) is 19.9. The molecule has 0 aromatic heterocycles. The maximum atomic E-state index is 11.5. The van der Waals surface area contributed by atoms with Crippen molar-refractivity contribution in [3.8, 4) is 0 Å². The molecule has 3 rings (SSSR count). The van der Waals surface area contributed by atoms with Crippen molar-refractivity contribution in [2.24, 2.45) is 0 Å². The summed E-state index contributed by atoms with van der Waals surface area (Å²) in [5.74, 6) is 0. The second kappa shape index (κ2) is 7.24. The number of hydrogen-bond donors (Lipinski definition) is 0. The monoisotopic (exact) mass is 311 g/mol. The third kappa shape index (κ3) is 3.87. The first kappa shape index (κ1) is 15.5. The Labute approximate surface area is 136 Å². The summed E-state index contributed by atoms with van der Waals surface area (Å²) in [5, 5.41) is 11.5. The number of nitrogens with zero attached hydrogens (tertiary/aromatic N) is 3. The van der Waals surface area contributed by atoms with Gasteiger partial charge in [0, 0.05) is 36.8 Å². The highest BCUT2D eigenvalue weighted by atomic mass is 16.6. The van der Waals surface area contributed by atoms with Gasteiger partial charge in [0.15, 0.2) is 0 Å². The van der Waals surface area contributed by atoms with E-state index in [1.54, 1.807) is 0 Å². The van der Waals surface area contributed by atoms with Gasteiger partial charge in [0.05, 0.1) is 6.42 Å². The molecule has 0 bridgehead atoms. The molecule has 0 amide bonds. The molecule has 0 radical (unpaired) electrons. The van der Waals surface area contributed by atoms with Gasteiger partial charge in [0.2, 0.25) is 0 Å². The third-order valence-electron chi connectivity index (χ3n) is 4.36. The van der Waals surface area contributed by atoms with E-state index in [1.165, 1.54) is 5.69 Å². The van der Waals surface area contributed by atoms with Gasteiger partial charge in [-0.3, -0.25) is 10.1 Å². The first-order valence-electron chi connectivity index (χ1n) is 7.95. The summed E-state index contributed by atoms with van der Waals surface area (Å²) in [5.41, 5.74) is 2.20. The molecule has 1 aliphatic heterocycles. The Kier molecular flexibility index (Phi) is 4.88. The Morgan fingerprint density at radius 2 is 1.48 bits per heavy atom. The van der Waals surface area contributed by atoms with Crippen molar-refractivity contribution in [2.45, 2.75) is 12.6 Å². The molecule has 1 heterocycles. The van der Waals surface area contributed by atoms with Crippen LogP contribution in [0.2, 0.25) is 0 Å². The fourth-order valence-corrected chi connectivity index (χ4v) is 3.08. The number of rotatable bonds is 5. The maximum absolute atomic E-state index is 11.5. The summed E-state index contributed by atoms with van der Waals surface area (Å²) in [6.07, 6.45) is -0.186. The fourth-order valence-electron chi connectivity index (χ4n) is 3.08. The van der Waals surface area contributed by atoms with Gasteiger partial charge in [-0.1, -0.05) is 48.5 Å². The van der Waals surface area contributed by atoms with E-state index < -0.39 is 6.17 Å². The number of anilines is 1. The van der Waals surface area contributed by atoms with Crippen LogP contribution < -0.4 is 4.90 Å². The van der Waals surface area contributed by atoms with Gasteiger partial charge in [-0.15, -0.1) is 0 Å². The van der Waals surface area contributed by atoms with Crippen LogP contribution in [0.25, 0.3) is 0 Å². The van der Waals surface area contributed by atoms with E-state index in [2.05, 4.69) is 17.0 Å². The Morgan fingerprint density at radius 1 is 0.913 bits per heavy atom. The van der Waals surface area contributed by atoms with Crippen LogP contribution in [0, 0.1) is 10.1 Å². The average Bonchev–Trinajstić information content (AvgIpc) is 2.61. The van der Waals surface area contributed by atoms with Crippen molar-refractivity contribution in [1.82, 2.24) is 4.90 Å². The lowest BCUT2D eigenvalue weighted by Crippen LogP contribution is -2.53. The lowest BCUT2D eigenvalue weighted by molar-refractivity contribution is -0.550. The fraction of sp³-hybridized carbons (Fsp3) is 0.333. The number of para-hydroxylation sites is 1. The predicted octanol–water partition coefficient (Wildman–Crippen LogP) is 2.65. The molecule has 0 N–H and O–H groups in total. The molecule has 1 fully saturated rings. The van der Waals surface area contributed by atoms with Crippen molar-refractivity contribution in [3.05, 3.63) is 76.3 Å². The molecule has 1 aliphatic rings. The highest BCUT2D eigenvalue weighted by molar-refractivity contribution is 5.46. The highest BCUT2D eigenvalue weighted by Gasteiger charge is 2.31. The van der Waals surface area contributed by atoms with E-state index in [9.17, 15) is 10.1 Å². The minimum absolute atomic E-state index is 0.148. The van der Waals surface area contributed by atoms with Crippen molar-refractivity contribution >= 4 is 5.69 Å². The Balaban J connectivity index is 1.63. The Morgan fingerprint density at radius 3 is 2.04 bits per heavy atom. The van der Waals surface area contributed by atoms with Gasteiger partial charge >= 0.3 is 0 Å². The summed E-state index contributed by atoms with van der Waals surface area (Å²) >= 11 is 0. The summed E-state index contributed by atoms with van der Waals surface area (Å²) in [4.78, 5) is 15.6. The summed E-state index contributed by atoms with van der Waals surface area (Å²) in [6.45, 7) is 3.08. The van der Waals surface area contributed by atoms with E-state index in [1.807, 2.05) is 53.4 Å². The second-order valence-corrected chi connectivity index (χ2v) is 5.81. The standard InChI is InChI=1S/C18H21N3O2/c22-21(23)18(15-16-7-3-1-4-8-16)20-13-11-19(12-14-20)17-9-5-2-6-10-17/h1-10,18H,11-15H2. The topological polar surface area (TPSA) is 49.6 Å². The molecule has 2 aromatic carbocycles. The molecule has 1 unspecified atom stereocenters. The van der Waals surface area contributed by atoms with Gasteiger partial charge in [-0.25, -0.2) is 4.90 Å². The Bertz CT molecular complexity index is 625. The molecule has 23 heavy (non-hydrogen) atoms. The molecule has 2 aromatic rings. The van der Waals surface area contributed by atoms with E-state index in [-0.39, 0.29) is 4.92 Å². The molecular formula is C18H21N3O2. The van der Waals surface area contributed by atoms with Gasteiger partial charge in [-0.05, 0) is 17.7 Å². The van der Waals surface area contributed by atoms with Crippen LogP contribution in [-0.4, -0.2) is 42.2 Å². The highest BCUT2D eigenvalue weighted by Crippen LogP contribution is 2.18. The van der Waals surface area contributed by atoms with Gasteiger partial charge in [0.1, 0.15) is 0 Å². The molecule has 5 heteroatoms. The van der Waals surface area contributed by atoms with Crippen LogP contribution >= 0.6 is 0 Å². The van der Waals surface area contributed by atoms with E-state index in [4.69, 9.17) is 0 Å². The zero-order valence-electron chi connectivity index (χ0n) is 13.0. The van der Waals surface area contributed by atoms with E-state index >= 15 is 0 Å². The van der Waals surface area contributed by atoms with Crippen LogP contribution in [0.3, 0.4) is 0 Å². The van der Waals surface area contributed by atoms with Crippen LogP contribution in [0.15, 0.2) is 60.7 Å². The summed E-state index contributed by atoms with van der Waals surface area (Å²) in [7, 11) is 0. The predicted molar refractivity (Wildman–Crippen MR) is 91.2 cm³/mol. The number of benzene rings is 2. The molecule has 0 saturated carbocycles. The molecule has 0 spiro atoms. The molecule has 120 valence electrons. The lowest BCUT2D eigenvalue weighted by Gasteiger charge is -2.36. The number of nitro groups is 1. The van der Waals surface area contributed by atoms with Crippen molar-refractivity contribution in [3.63, 3.8) is 0 Å². The van der Waals surface area contributed by atoms with E-state index in [0.717, 1.165) is 18.7 Å². The minimum atomic E-state index is -0.643. The summed E-state index contributed by atoms with van der Waals surface area (Å²) < 4.78 is 0. The van der Waals surface area contributed by atoms with Crippen LogP contribution in [0.4, 0.5) is 5.69 Å². The van der Waals surface area contributed by atoms with Crippen molar-refractivity contribution in [2.75, 3.05) is 31.1 Å². The maximum Gasteiger partial charge on any atom is 0.272 e. The molecule has 5 nitrogen and oxygen atoms in total. The van der Waals surface area contributed by atoms with E-state index in [0.29, 0.717) is 19.5 Å². The third-order valence-corrected chi connectivity index (χ3v) is 4.36. The van der Waals surface area contributed by atoms with Gasteiger partial charge in [-0.2, -0.15) is 0 Å². The average molecular weight is 311 g/mol. The lowest BCUT2D eigenvalue weighted by atomic mass is 10.1. The largest absolute Gasteiger partial charge is 0.369 e. The number of piperazine rings is 1. The van der Waals surface area contributed by atoms with Gasteiger partial charge in [0.25, 0.3) is 6.17 Å². The minimum Gasteiger partial charge on any atom is -0.369 e. The Hall–Kier alpha value is -2.40. The zero-order chi connectivity index (χ0) is 16.1. The molecule has 1 saturated heterocycles. The zero-order valence-corrected chi connectivity index (χ0v) is 13.0. The van der Waals surface area contributed by atoms with Crippen LogP contribution in [-0.2, 0) is 6.42 Å². The molecule has 1 atom stereocenters. The van der Waals surface area contributed by atoms with Crippen LogP contribution in [0.1, 0.15) is 5.56 Å². The van der Waals surface area contributed by atoms with Crippen LogP contribution in [0.5, 0.6) is 0 Å². The SMILES string of the molecule is O=[N+]([O-])C(Cc1ccccc1)N1CCN(c2ccccc2)CC1. The quantitative estimate of drug-likeness (QED) is 0.629. The first-order chi connectivity index (χ1) is 11.2. The first-order valence-corrected chi connectivity index (χ1v) is 7.95. The smallest absolute Gasteiger partial charge is 0.272 e. The van der Waals surface area contributed by atoms with Crippen molar-refractivity contribution < 1.29 is 4.92 Å². The van der Waals surface area contributed by atoms with Crippen molar-refractivity contribution in [1.29, 1.82) is 0 Å². The normalized spacial score (nSPS) is 17.0. The number of hydrogen-bond acceptors (Lipinski definition) is 4.